The fraction of sp³-hybridized carbons (Fsp3) is 0.160. The molecule has 0 saturated carbocycles. The van der Waals surface area contributed by atoms with Crippen molar-refractivity contribution in [2.24, 2.45) is 5.10 Å². The van der Waals surface area contributed by atoms with Crippen LogP contribution in [0.1, 0.15) is 57.2 Å². The van der Waals surface area contributed by atoms with Crippen LogP contribution in [-0.2, 0) is 0 Å². The van der Waals surface area contributed by atoms with Crippen molar-refractivity contribution in [3.05, 3.63) is 101 Å². The van der Waals surface area contributed by atoms with Gasteiger partial charge in [0.15, 0.2) is 0 Å². The van der Waals surface area contributed by atoms with E-state index < -0.39 is 0 Å². The van der Waals surface area contributed by atoms with Gasteiger partial charge in [0.25, 0.3) is 11.8 Å². The van der Waals surface area contributed by atoms with E-state index in [2.05, 4.69) is 41.8 Å². The van der Waals surface area contributed by atoms with Gasteiger partial charge >= 0.3 is 0 Å². The van der Waals surface area contributed by atoms with Crippen LogP contribution in [0.15, 0.2) is 77.9 Å². The minimum atomic E-state index is -0.318. The Labute approximate surface area is 176 Å². The van der Waals surface area contributed by atoms with Gasteiger partial charge in [0, 0.05) is 16.8 Å². The first-order chi connectivity index (χ1) is 14.4. The molecule has 2 amide bonds. The smallest absolute Gasteiger partial charge is 0.271 e. The van der Waals surface area contributed by atoms with Crippen molar-refractivity contribution in [1.29, 1.82) is 0 Å². The number of hydrogen-bond acceptors (Lipinski definition) is 3. The van der Waals surface area contributed by atoms with Gasteiger partial charge in [-0.1, -0.05) is 55.8 Å². The highest BCUT2D eigenvalue weighted by atomic mass is 16.2. The van der Waals surface area contributed by atoms with Gasteiger partial charge in [-0.15, -0.1) is 0 Å². The molecule has 3 rings (SSSR count). The van der Waals surface area contributed by atoms with Crippen LogP contribution in [0, 0.1) is 6.92 Å². The number of hydrogen-bond donors (Lipinski definition) is 2. The Morgan fingerprint density at radius 2 is 1.57 bits per heavy atom. The Balaban J connectivity index is 1.56. The van der Waals surface area contributed by atoms with Crippen molar-refractivity contribution in [3.63, 3.8) is 0 Å². The van der Waals surface area contributed by atoms with Crippen LogP contribution in [0.2, 0.25) is 0 Å². The number of benzene rings is 3. The first-order valence-electron chi connectivity index (χ1n) is 9.84. The average molecular weight is 399 g/mol. The quantitative estimate of drug-likeness (QED) is 0.445. The van der Waals surface area contributed by atoms with Crippen LogP contribution in [0.5, 0.6) is 0 Å². The van der Waals surface area contributed by atoms with Crippen molar-refractivity contribution in [1.82, 2.24) is 5.43 Å². The number of anilines is 1. The number of carbonyl (C=O) groups is 2. The fourth-order valence-electron chi connectivity index (χ4n) is 2.89. The maximum atomic E-state index is 12.3. The van der Waals surface area contributed by atoms with Crippen LogP contribution in [0.3, 0.4) is 0 Å². The van der Waals surface area contributed by atoms with Crippen LogP contribution in [0.25, 0.3) is 0 Å². The van der Waals surface area contributed by atoms with E-state index in [4.69, 9.17) is 0 Å². The number of nitrogens with one attached hydrogen (secondary N) is 2. The molecule has 0 aliphatic carbocycles. The molecule has 0 bridgehead atoms. The molecule has 0 aliphatic rings. The summed E-state index contributed by atoms with van der Waals surface area (Å²) >= 11 is 0. The number of hydrazone groups is 1. The Morgan fingerprint density at radius 1 is 0.867 bits per heavy atom. The van der Waals surface area contributed by atoms with Crippen molar-refractivity contribution < 1.29 is 9.59 Å². The highest BCUT2D eigenvalue weighted by molar-refractivity contribution is 6.04. The fourth-order valence-corrected chi connectivity index (χ4v) is 2.89. The van der Waals surface area contributed by atoms with Crippen molar-refractivity contribution >= 4 is 23.7 Å². The van der Waals surface area contributed by atoms with E-state index in [0.29, 0.717) is 22.7 Å². The molecule has 0 aromatic heterocycles. The zero-order valence-electron chi connectivity index (χ0n) is 17.3. The van der Waals surface area contributed by atoms with Crippen molar-refractivity contribution in [2.75, 3.05) is 5.32 Å². The van der Waals surface area contributed by atoms with E-state index in [9.17, 15) is 9.59 Å². The maximum absolute atomic E-state index is 12.3. The second kappa shape index (κ2) is 9.65. The topological polar surface area (TPSA) is 70.6 Å². The third-order valence-corrected chi connectivity index (χ3v) is 4.67. The summed E-state index contributed by atoms with van der Waals surface area (Å²) in [4.78, 5) is 24.6. The summed E-state index contributed by atoms with van der Waals surface area (Å²) in [6.07, 6.45) is 1.61. The van der Waals surface area contributed by atoms with E-state index in [1.807, 2.05) is 37.3 Å². The number of nitrogens with zero attached hydrogens (tertiary/aromatic N) is 1. The minimum Gasteiger partial charge on any atom is -0.322 e. The summed E-state index contributed by atoms with van der Waals surface area (Å²) < 4.78 is 0. The first kappa shape index (κ1) is 21.0. The van der Waals surface area contributed by atoms with Crippen LogP contribution in [0.4, 0.5) is 5.69 Å². The summed E-state index contributed by atoms with van der Waals surface area (Å²) in [5, 5.41) is 6.85. The number of aryl methyl sites for hydroxylation is 1. The summed E-state index contributed by atoms with van der Waals surface area (Å²) in [6.45, 7) is 6.22. The third-order valence-electron chi connectivity index (χ3n) is 4.67. The van der Waals surface area contributed by atoms with Gasteiger partial charge in [0.05, 0.1) is 6.21 Å². The molecule has 5 nitrogen and oxygen atoms in total. The molecule has 0 radical (unpaired) electrons. The van der Waals surface area contributed by atoms with Gasteiger partial charge in [-0.25, -0.2) is 5.43 Å². The van der Waals surface area contributed by atoms with Crippen LogP contribution in [-0.4, -0.2) is 18.0 Å². The van der Waals surface area contributed by atoms with Gasteiger partial charge in [-0.2, -0.15) is 5.10 Å². The molecule has 0 aliphatic heterocycles. The predicted octanol–water partition coefficient (Wildman–Crippen LogP) is 5.13. The molecule has 152 valence electrons. The standard InChI is InChI=1S/C25H25N3O2/c1-17(2)20-9-7-19(8-10-20)16-26-28-25(30)21-11-13-23(14-12-21)27-24(29)22-6-4-5-18(3)15-22/h4-17H,1-3H3,(H,27,29)(H,28,30). The molecular weight excluding hydrogens is 374 g/mol. The molecule has 0 heterocycles. The molecular formula is C25H25N3O2. The van der Waals surface area contributed by atoms with Crippen LogP contribution < -0.4 is 10.7 Å². The van der Waals surface area contributed by atoms with Gasteiger partial charge in [0.2, 0.25) is 0 Å². The minimum absolute atomic E-state index is 0.191. The van der Waals surface area contributed by atoms with Crippen molar-refractivity contribution in [2.45, 2.75) is 26.7 Å². The monoisotopic (exact) mass is 399 g/mol. The highest BCUT2D eigenvalue weighted by Gasteiger charge is 2.08. The molecule has 0 atom stereocenters. The lowest BCUT2D eigenvalue weighted by molar-refractivity contribution is 0.0954. The molecule has 0 fully saturated rings. The molecule has 0 unspecified atom stereocenters. The average Bonchev–Trinajstić information content (AvgIpc) is 2.74. The van der Waals surface area contributed by atoms with Gasteiger partial charge < -0.3 is 5.32 Å². The van der Waals surface area contributed by atoms with Crippen molar-refractivity contribution in [3.8, 4) is 0 Å². The molecule has 0 saturated heterocycles. The molecule has 2 N–H and O–H groups in total. The number of rotatable bonds is 6. The second-order valence-corrected chi connectivity index (χ2v) is 7.42. The summed E-state index contributed by atoms with van der Waals surface area (Å²) in [6, 6.07) is 22.1. The predicted molar refractivity (Wildman–Crippen MR) is 121 cm³/mol. The Morgan fingerprint density at radius 3 is 2.20 bits per heavy atom. The number of carbonyl (C=O) groups excluding carboxylic acids is 2. The van der Waals surface area contributed by atoms with E-state index >= 15 is 0 Å². The molecule has 0 spiro atoms. The second-order valence-electron chi connectivity index (χ2n) is 7.42. The largest absolute Gasteiger partial charge is 0.322 e. The van der Waals surface area contributed by atoms with Gasteiger partial charge in [0.1, 0.15) is 0 Å². The normalized spacial score (nSPS) is 10.9. The lowest BCUT2D eigenvalue weighted by atomic mass is 10.0. The molecule has 5 heteroatoms. The maximum Gasteiger partial charge on any atom is 0.271 e. The van der Waals surface area contributed by atoms with Gasteiger partial charge in [-0.05, 0) is 60.4 Å². The Kier molecular flexibility index (Phi) is 6.75. The van der Waals surface area contributed by atoms with E-state index in [-0.39, 0.29) is 11.8 Å². The zero-order chi connectivity index (χ0) is 21.5. The molecule has 3 aromatic rings. The van der Waals surface area contributed by atoms with Crippen LogP contribution >= 0.6 is 0 Å². The zero-order valence-corrected chi connectivity index (χ0v) is 17.3. The molecule has 30 heavy (non-hydrogen) atoms. The summed E-state index contributed by atoms with van der Waals surface area (Å²) in [7, 11) is 0. The summed E-state index contributed by atoms with van der Waals surface area (Å²) in [5.41, 5.74) is 7.37. The Hall–Kier alpha value is -3.73. The van der Waals surface area contributed by atoms with E-state index in [1.54, 1.807) is 36.5 Å². The Bertz CT molecular complexity index is 1050. The van der Waals surface area contributed by atoms with E-state index in [1.165, 1.54) is 5.56 Å². The van der Waals surface area contributed by atoms with E-state index in [0.717, 1.165) is 11.1 Å². The third kappa shape index (κ3) is 5.64. The molecule has 3 aromatic carbocycles. The van der Waals surface area contributed by atoms with Gasteiger partial charge in [-0.3, -0.25) is 9.59 Å². The lowest BCUT2D eigenvalue weighted by Crippen LogP contribution is -2.18. The highest BCUT2D eigenvalue weighted by Crippen LogP contribution is 2.14. The summed E-state index contributed by atoms with van der Waals surface area (Å²) in [5.74, 6) is -0.0362. The lowest BCUT2D eigenvalue weighted by Gasteiger charge is -2.07. The SMILES string of the molecule is Cc1cccc(C(=O)Nc2ccc(C(=O)NN=Cc3ccc(C(C)C)cc3)cc2)c1. The first-order valence-corrected chi connectivity index (χ1v) is 9.84. The number of amides is 2.